The van der Waals surface area contributed by atoms with Crippen LogP contribution in [-0.4, -0.2) is 55.5 Å². The molecule has 2 aliphatic rings. The summed E-state index contributed by atoms with van der Waals surface area (Å²) in [5, 5.41) is 0. The van der Waals surface area contributed by atoms with E-state index in [0.29, 0.717) is 30.5 Å². The van der Waals surface area contributed by atoms with Gasteiger partial charge in [-0.15, -0.1) is 0 Å². The molecule has 1 aliphatic carbocycles. The van der Waals surface area contributed by atoms with Gasteiger partial charge in [-0.05, 0) is 25.7 Å². The quantitative estimate of drug-likeness (QED) is 0.733. The van der Waals surface area contributed by atoms with Crippen molar-refractivity contribution in [3.63, 3.8) is 0 Å². The van der Waals surface area contributed by atoms with Crippen LogP contribution in [0.2, 0.25) is 0 Å². The number of hydrogen-bond acceptors (Lipinski definition) is 7. The predicted octanol–water partition coefficient (Wildman–Crippen LogP) is 1.73. The van der Waals surface area contributed by atoms with Gasteiger partial charge in [-0.25, -0.2) is 9.78 Å². The Bertz CT molecular complexity index is 595. The molecule has 1 aromatic heterocycles. The molecule has 0 aromatic carbocycles. The van der Waals surface area contributed by atoms with Crippen LogP contribution in [0.15, 0.2) is 6.07 Å². The van der Waals surface area contributed by atoms with Gasteiger partial charge in [-0.2, -0.15) is 4.98 Å². The topological polar surface area (TPSA) is 73.8 Å². The first kappa shape index (κ1) is 17.0. The monoisotopic (exact) mass is 335 g/mol. The number of nitrogens with zero attached hydrogens (tertiary/aromatic N) is 3. The minimum atomic E-state index is -0.849. The number of esters is 1. The Kier molecular flexibility index (Phi) is 4.89. The van der Waals surface area contributed by atoms with E-state index in [0.717, 1.165) is 38.4 Å². The van der Waals surface area contributed by atoms with Crippen molar-refractivity contribution in [2.24, 2.45) is 5.92 Å². The highest BCUT2D eigenvalue weighted by Crippen LogP contribution is 2.41. The van der Waals surface area contributed by atoms with Gasteiger partial charge in [-0.1, -0.05) is 0 Å². The van der Waals surface area contributed by atoms with Crippen LogP contribution in [0, 0.1) is 12.8 Å². The normalized spacial score (nSPS) is 19.9. The second-order valence-corrected chi connectivity index (χ2v) is 6.59. The van der Waals surface area contributed by atoms with Crippen molar-refractivity contribution in [3.05, 3.63) is 11.9 Å². The van der Waals surface area contributed by atoms with Gasteiger partial charge in [0.05, 0.1) is 7.11 Å². The fourth-order valence-corrected chi connectivity index (χ4v) is 3.15. The Balaban J connectivity index is 1.70. The van der Waals surface area contributed by atoms with Gasteiger partial charge >= 0.3 is 5.97 Å². The van der Waals surface area contributed by atoms with E-state index in [1.807, 2.05) is 13.0 Å². The van der Waals surface area contributed by atoms with Crippen molar-refractivity contribution in [2.75, 3.05) is 38.8 Å². The molecule has 0 bridgehead atoms. The average Bonchev–Trinajstić information content (AvgIpc) is 3.35. The number of aromatic nitrogens is 2. The van der Waals surface area contributed by atoms with Crippen molar-refractivity contribution >= 4 is 11.8 Å². The molecule has 2 fully saturated rings. The first-order valence-corrected chi connectivity index (χ1v) is 8.43. The zero-order valence-electron chi connectivity index (χ0n) is 14.6. The number of methoxy groups -OCH3 is 2. The lowest BCUT2D eigenvalue weighted by atomic mass is 9.98. The minimum absolute atomic E-state index is 0.333. The standard InChI is InChI=1S/C17H25N3O4/c1-12-18-14(20-8-4-13(5-9-20)11-22-2)10-15(19-12)24-17(6-7-17)16(21)23-3/h10,13H,4-9,11H2,1-3H3. The maximum atomic E-state index is 11.9. The zero-order chi connectivity index (χ0) is 17.2. The van der Waals surface area contributed by atoms with Gasteiger partial charge in [0, 0.05) is 45.7 Å². The molecule has 2 heterocycles. The second kappa shape index (κ2) is 6.93. The molecular formula is C17H25N3O4. The van der Waals surface area contributed by atoms with Gasteiger partial charge in [0.2, 0.25) is 11.5 Å². The summed E-state index contributed by atoms with van der Waals surface area (Å²) in [5.41, 5.74) is -0.849. The van der Waals surface area contributed by atoms with E-state index < -0.39 is 5.60 Å². The molecule has 1 aliphatic heterocycles. The summed E-state index contributed by atoms with van der Waals surface area (Å²) < 4.78 is 15.9. The van der Waals surface area contributed by atoms with Gasteiger partial charge in [0.15, 0.2) is 0 Å². The molecule has 0 unspecified atom stereocenters. The Morgan fingerprint density at radius 3 is 2.58 bits per heavy atom. The van der Waals surface area contributed by atoms with Crippen LogP contribution in [0.3, 0.4) is 0 Å². The Morgan fingerprint density at radius 2 is 2.00 bits per heavy atom. The third kappa shape index (κ3) is 3.61. The van der Waals surface area contributed by atoms with Crippen molar-refractivity contribution in [2.45, 2.75) is 38.2 Å². The fraction of sp³-hybridized carbons (Fsp3) is 0.706. The van der Waals surface area contributed by atoms with Crippen LogP contribution >= 0.6 is 0 Å². The molecule has 1 saturated heterocycles. The maximum Gasteiger partial charge on any atom is 0.350 e. The highest BCUT2D eigenvalue weighted by atomic mass is 16.6. The van der Waals surface area contributed by atoms with E-state index in [4.69, 9.17) is 14.2 Å². The van der Waals surface area contributed by atoms with Crippen molar-refractivity contribution < 1.29 is 19.0 Å². The largest absolute Gasteiger partial charge is 0.466 e. The molecule has 7 heteroatoms. The van der Waals surface area contributed by atoms with E-state index in [2.05, 4.69) is 14.9 Å². The fourth-order valence-electron chi connectivity index (χ4n) is 3.15. The molecule has 0 radical (unpaired) electrons. The van der Waals surface area contributed by atoms with Crippen LogP contribution in [0.1, 0.15) is 31.5 Å². The van der Waals surface area contributed by atoms with E-state index in [1.54, 1.807) is 7.11 Å². The highest BCUT2D eigenvalue weighted by molar-refractivity contribution is 5.83. The average molecular weight is 335 g/mol. The number of aryl methyl sites for hydroxylation is 1. The molecule has 0 atom stereocenters. The number of carbonyl (C=O) groups excluding carboxylic acids is 1. The lowest BCUT2D eigenvalue weighted by Crippen LogP contribution is -2.36. The Hall–Kier alpha value is -1.89. The summed E-state index contributed by atoms with van der Waals surface area (Å²) in [5.74, 6) is 2.22. The number of anilines is 1. The smallest absolute Gasteiger partial charge is 0.350 e. The van der Waals surface area contributed by atoms with Gasteiger partial charge in [0.1, 0.15) is 11.6 Å². The first-order valence-electron chi connectivity index (χ1n) is 8.43. The third-order valence-corrected chi connectivity index (χ3v) is 4.70. The summed E-state index contributed by atoms with van der Waals surface area (Å²) in [6.45, 7) is 4.52. The highest BCUT2D eigenvalue weighted by Gasteiger charge is 2.54. The van der Waals surface area contributed by atoms with Crippen molar-refractivity contribution in [1.29, 1.82) is 0 Å². The molecule has 1 aromatic rings. The van der Waals surface area contributed by atoms with E-state index in [1.165, 1.54) is 7.11 Å². The molecule has 7 nitrogen and oxygen atoms in total. The first-order chi connectivity index (χ1) is 11.6. The second-order valence-electron chi connectivity index (χ2n) is 6.59. The summed E-state index contributed by atoms with van der Waals surface area (Å²) in [6.07, 6.45) is 3.50. The lowest BCUT2D eigenvalue weighted by molar-refractivity contribution is -0.151. The summed E-state index contributed by atoms with van der Waals surface area (Å²) in [4.78, 5) is 23.0. The summed E-state index contributed by atoms with van der Waals surface area (Å²) >= 11 is 0. The SMILES string of the molecule is COCC1CCN(c2cc(OC3(C(=O)OC)CC3)nc(C)n2)CC1. The van der Waals surface area contributed by atoms with E-state index in [-0.39, 0.29) is 5.97 Å². The van der Waals surface area contributed by atoms with Crippen LogP contribution in [-0.2, 0) is 14.3 Å². The van der Waals surface area contributed by atoms with E-state index in [9.17, 15) is 4.79 Å². The predicted molar refractivity (Wildman–Crippen MR) is 88.2 cm³/mol. The number of ether oxygens (including phenoxy) is 3. The Labute approximate surface area is 142 Å². The van der Waals surface area contributed by atoms with Gasteiger partial charge in [-0.3, -0.25) is 0 Å². The molecule has 0 spiro atoms. The van der Waals surface area contributed by atoms with Crippen LogP contribution < -0.4 is 9.64 Å². The van der Waals surface area contributed by atoms with Crippen molar-refractivity contribution in [3.8, 4) is 5.88 Å². The van der Waals surface area contributed by atoms with E-state index >= 15 is 0 Å². The molecule has 132 valence electrons. The van der Waals surface area contributed by atoms with Crippen molar-refractivity contribution in [1.82, 2.24) is 9.97 Å². The lowest BCUT2D eigenvalue weighted by Gasteiger charge is -2.32. The van der Waals surface area contributed by atoms with Crippen LogP contribution in [0.25, 0.3) is 0 Å². The molecule has 24 heavy (non-hydrogen) atoms. The number of rotatable bonds is 6. The third-order valence-electron chi connectivity index (χ3n) is 4.70. The molecule has 1 saturated carbocycles. The summed E-state index contributed by atoms with van der Waals surface area (Å²) in [6, 6.07) is 1.83. The molecule has 0 N–H and O–H groups in total. The Morgan fingerprint density at radius 1 is 1.29 bits per heavy atom. The number of carbonyl (C=O) groups is 1. The number of hydrogen-bond donors (Lipinski definition) is 0. The number of piperidine rings is 1. The van der Waals surface area contributed by atoms with Gasteiger partial charge in [0.25, 0.3) is 0 Å². The van der Waals surface area contributed by atoms with Crippen LogP contribution in [0.4, 0.5) is 5.82 Å². The summed E-state index contributed by atoms with van der Waals surface area (Å²) in [7, 11) is 3.13. The minimum Gasteiger partial charge on any atom is -0.466 e. The zero-order valence-corrected chi connectivity index (χ0v) is 14.6. The molecule has 0 amide bonds. The molecular weight excluding hydrogens is 310 g/mol. The maximum absolute atomic E-state index is 11.9. The van der Waals surface area contributed by atoms with Gasteiger partial charge < -0.3 is 19.1 Å². The molecule has 3 rings (SSSR count). The van der Waals surface area contributed by atoms with Crippen LogP contribution in [0.5, 0.6) is 5.88 Å².